The van der Waals surface area contributed by atoms with E-state index in [1.54, 1.807) is 0 Å². The Bertz CT molecular complexity index is 1370. The van der Waals surface area contributed by atoms with Gasteiger partial charge in [-0.3, -0.25) is 14.4 Å². The van der Waals surface area contributed by atoms with Crippen molar-refractivity contribution in [1.29, 1.82) is 0 Å². The fourth-order valence-corrected chi connectivity index (χ4v) is 7.10. The van der Waals surface area contributed by atoms with Crippen LogP contribution < -0.4 is 4.90 Å². The van der Waals surface area contributed by atoms with Gasteiger partial charge >= 0.3 is 0 Å². The first-order chi connectivity index (χ1) is 16.7. The second-order valence-corrected chi connectivity index (χ2v) is 10.5. The van der Waals surface area contributed by atoms with E-state index in [4.69, 9.17) is 0 Å². The molecule has 0 aromatic heterocycles. The normalized spacial score (nSPS) is 29.4. The molecular weight excluding hydrogens is 434 g/mol. The van der Waals surface area contributed by atoms with Crippen molar-refractivity contribution < 1.29 is 14.4 Å². The molecule has 2 fully saturated rings. The zero-order valence-electron chi connectivity index (χ0n) is 20.3. The highest BCUT2D eigenvalue weighted by atomic mass is 16.2. The fraction of sp³-hybridized carbons (Fsp3) is 0.258. The quantitative estimate of drug-likeness (QED) is 0.475. The molecule has 0 radical (unpaired) electrons. The summed E-state index contributed by atoms with van der Waals surface area (Å²) in [6, 6.07) is 25.4. The SMILES string of the molecule is Cc1ccc(N2C(=O)[C@@H]3[C@@H](C2=O)[C@@]2(C)C(=O)[C@@]3(C)C(c3ccccc3)=C2c2ccccc2)c(C)c1. The van der Waals surface area contributed by atoms with Gasteiger partial charge in [0.15, 0.2) is 5.78 Å². The maximum absolute atomic E-state index is 14.3. The van der Waals surface area contributed by atoms with E-state index < -0.39 is 22.7 Å². The molecule has 0 spiro atoms. The first-order valence-corrected chi connectivity index (χ1v) is 12.1. The van der Waals surface area contributed by atoms with Crippen molar-refractivity contribution in [1.82, 2.24) is 0 Å². The lowest BCUT2D eigenvalue weighted by molar-refractivity contribution is -0.133. The van der Waals surface area contributed by atoms with E-state index in [2.05, 4.69) is 0 Å². The van der Waals surface area contributed by atoms with Crippen molar-refractivity contribution >= 4 is 34.4 Å². The van der Waals surface area contributed by atoms with Gasteiger partial charge in [0, 0.05) is 0 Å². The Morgan fingerprint density at radius 1 is 0.657 bits per heavy atom. The number of carbonyl (C=O) groups is 3. The fourth-order valence-electron chi connectivity index (χ4n) is 7.10. The third-order valence-corrected chi connectivity index (χ3v) is 8.50. The van der Waals surface area contributed by atoms with Crippen LogP contribution in [-0.2, 0) is 14.4 Å². The number of fused-ring (bicyclic) bond motifs is 5. The van der Waals surface area contributed by atoms with Crippen LogP contribution in [0.4, 0.5) is 5.69 Å². The minimum absolute atomic E-state index is 0.0281. The Balaban J connectivity index is 1.62. The molecule has 0 N–H and O–H groups in total. The smallest absolute Gasteiger partial charge is 0.239 e. The molecular formula is C31H27NO3. The number of carbonyl (C=O) groups excluding carboxylic acids is 3. The monoisotopic (exact) mass is 461 g/mol. The zero-order valence-corrected chi connectivity index (χ0v) is 20.3. The van der Waals surface area contributed by atoms with Gasteiger partial charge in [0.2, 0.25) is 11.8 Å². The summed E-state index contributed by atoms with van der Waals surface area (Å²) in [5.74, 6) is -2.02. The molecule has 2 bridgehead atoms. The minimum atomic E-state index is -1.09. The molecule has 2 amide bonds. The highest BCUT2D eigenvalue weighted by Gasteiger charge is 2.78. The third-order valence-electron chi connectivity index (χ3n) is 8.50. The Hall–Kier alpha value is -3.79. The van der Waals surface area contributed by atoms with Gasteiger partial charge in [-0.15, -0.1) is 0 Å². The lowest BCUT2D eigenvalue weighted by Gasteiger charge is -2.35. The maximum atomic E-state index is 14.3. The Labute approximate surface area is 205 Å². The summed E-state index contributed by atoms with van der Waals surface area (Å²) in [6.45, 7) is 7.67. The number of anilines is 1. The van der Waals surface area contributed by atoms with Crippen molar-refractivity contribution in [3.63, 3.8) is 0 Å². The van der Waals surface area contributed by atoms with E-state index in [1.807, 2.05) is 107 Å². The van der Waals surface area contributed by atoms with Gasteiger partial charge < -0.3 is 0 Å². The molecule has 4 heteroatoms. The molecule has 4 atom stereocenters. The molecule has 3 aromatic carbocycles. The number of amides is 2. The summed E-state index contributed by atoms with van der Waals surface area (Å²) in [5, 5.41) is 0. The zero-order chi connectivity index (χ0) is 24.7. The van der Waals surface area contributed by atoms with Crippen LogP contribution in [0.3, 0.4) is 0 Å². The summed E-state index contributed by atoms with van der Waals surface area (Å²) in [5.41, 5.74) is 3.98. The molecule has 2 aliphatic carbocycles. The molecule has 1 saturated heterocycles. The molecule has 3 aromatic rings. The van der Waals surface area contributed by atoms with Crippen LogP contribution in [-0.4, -0.2) is 17.6 Å². The number of rotatable bonds is 3. The Kier molecular flexibility index (Phi) is 4.41. The predicted molar refractivity (Wildman–Crippen MR) is 136 cm³/mol. The second-order valence-electron chi connectivity index (χ2n) is 10.5. The average Bonchev–Trinajstić information content (AvgIpc) is 3.30. The van der Waals surface area contributed by atoms with E-state index in [0.717, 1.165) is 33.4 Å². The Morgan fingerprint density at radius 2 is 1.11 bits per heavy atom. The van der Waals surface area contributed by atoms with Crippen LogP contribution in [0.1, 0.15) is 36.1 Å². The standard InChI is InChI=1S/C31H27NO3/c1-18-15-16-22(19(2)17-18)32-27(33)25-26(28(32)34)31(4)24(21-13-9-6-10-14-21)23(30(25,3)29(31)35)20-11-7-5-8-12-20/h5-17,25-26H,1-4H3/t25-,26-,30-,31-/m0/s1. The summed E-state index contributed by atoms with van der Waals surface area (Å²) in [7, 11) is 0. The van der Waals surface area contributed by atoms with Crippen LogP contribution in [0, 0.1) is 36.5 Å². The number of hydrogen-bond acceptors (Lipinski definition) is 3. The summed E-state index contributed by atoms with van der Waals surface area (Å²) >= 11 is 0. The van der Waals surface area contributed by atoms with E-state index in [1.165, 1.54) is 4.90 Å². The molecule has 174 valence electrons. The van der Waals surface area contributed by atoms with Crippen molar-refractivity contribution in [3.8, 4) is 0 Å². The number of allylic oxidation sites excluding steroid dienone is 2. The van der Waals surface area contributed by atoms with E-state index >= 15 is 0 Å². The maximum Gasteiger partial charge on any atom is 0.239 e. The molecule has 1 aliphatic heterocycles. The molecule has 6 rings (SSSR count). The molecule has 35 heavy (non-hydrogen) atoms. The van der Waals surface area contributed by atoms with Gasteiger partial charge in [-0.2, -0.15) is 0 Å². The number of nitrogens with zero attached hydrogens (tertiary/aromatic N) is 1. The first kappa shape index (κ1) is 21.7. The van der Waals surface area contributed by atoms with Gasteiger partial charge in [0.05, 0.1) is 28.4 Å². The predicted octanol–water partition coefficient (Wildman–Crippen LogP) is 5.63. The third kappa shape index (κ3) is 2.54. The van der Waals surface area contributed by atoms with Gasteiger partial charge in [0.1, 0.15) is 0 Å². The van der Waals surface area contributed by atoms with Crippen LogP contribution in [0.15, 0.2) is 78.9 Å². The van der Waals surface area contributed by atoms with Crippen LogP contribution in [0.5, 0.6) is 0 Å². The number of ketones is 1. The lowest BCUT2D eigenvalue weighted by Crippen LogP contribution is -2.40. The molecule has 0 unspecified atom stereocenters. The van der Waals surface area contributed by atoms with E-state index in [-0.39, 0.29) is 17.6 Å². The van der Waals surface area contributed by atoms with Crippen molar-refractivity contribution in [2.75, 3.05) is 4.90 Å². The average molecular weight is 462 g/mol. The number of hydrogen-bond donors (Lipinski definition) is 0. The molecule has 4 nitrogen and oxygen atoms in total. The number of imide groups is 1. The highest BCUT2D eigenvalue weighted by molar-refractivity contribution is 6.34. The number of benzene rings is 3. The number of aryl methyl sites for hydroxylation is 2. The van der Waals surface area contributed by atoms with Gasteiger partial charge in [0.25, 0.3) is 0 Å². The van der Waals surface area contributed by atoms with Crippen molar-refractivity contribution in [2.45, 2.75) is 27.7 Å². The summed E-state index contributed by atoms with van der Waals surface area (Å²) in [4.78, 5) is 43.8. The van der Waals surface area contributed by atoms with Crippen LogP contribution in [0.25, 0.3) is 11.1 Å². The van der Waals surface area contributed by atoms with Crippen LogP contribution >= 0.6 is 0 Å². The lowest BCUT2D eigenvalue weighted by atomic mass is 9.63. The van der Waals surface area contributed by atoms with Crippen molar-refractivity contribution in [2.24, 2.45) is 22.7 Å². The largest absolute Gasteiger partial charge is 0.298 e. The molecule has 3 aliphatic rings. The molecule has 1 heterocycles. The van der Waals surface area contributed by atoms with Gasteiger partial charge in [-0.05, 0) is 61.6 Å². The molecule has 1 saturated carbocycles. The highest BCUT2D eigenvalue weighted by Crippen LogP contribution is 2.73. The summed E-state index contributed by atoms with van der Waals surface area (Å²) in [6.07, 6.45) is 0. The summed E-state index contributed by atoms with van der Waals surface area (Å²) < 4.78 is 0. The number of Topliss-reactive ketones (excluding diaryl/α,β-unsaturated/α-hetero) is 1. The van der Waals surface area contributed by atoms with Gasteiger partial charge in [-0.25, -0.2) is 4.90 Å². The van der Waals surface area contributed by atoms with E-state index in [9.17, 15) is 14.4 Å². The van der Waals surface area contributed by atoms with Crippen LogP contribution in [0.2, 0.25) is 0 Å². The van der Waals surface area contributed by atoms with E-state index in [0.29, 0.717) is 5.69 Å². The van der Waals surface area contributed by atoms with Crippen molar-refractivity contribution in [3.05, 3.63) is 101 Å². The minimum Gasteiger partial charge on any atom is -0.298 e. The second kappa shape index (κ2) is 7.11. The van der Waals surface area contributed by atoms with Gasteiger partial charge in [-0.1, -0.05) is 78.4 Å². The topological polar surface area (TPSA) is 54.5 Å². The Morgan fingerprint density at radius 3 is 1.54 bits per heavy atom. The first-order valence-electron chi connectivity index (χ1n) is 12.1.